The van der Waals surface area contributed by atoms with Crippen LogP contribution in [0.25, 0.3) is 22.0 Å². The molecule has 30 heavy (non-hydrogen) atoms. The second kappa shape index (κ2) is 8.44. The number of rotatable bonds is 3. The summed E-state index contributed by atoms with van der Waals surface area (Å²) in [5.41, 5.74) is 7.95. The van der Waals surface area contributed by atoms with Gasteiger partial charge in [-0.15, -0.1) is 0 Å². The summed E-state index contributed by atoms with van der Waals surface area (Å²) in [7, 11) is 0. The number of nitrogens with two attached hydrogens (primary N) is 1. The Labute approximate surface area is 183 Å². The number of aromatic nitrogens is 2. The standard InChI is InChI=1S/C21H18Cl2N6O/c22-14-3-1-13(2-4-14)16-7-17-19(8-18(16)23)26-12-27-21(17)28-5-6-29(20(30)10-25)15(9-24)11-28/h1-4,7-8,12,15H,5-6,10-11,25H2. The van der Waals surface area contributed by atoms with Crippen molar-refractivity contribution in [1.29, 1.82) is 5.26 Å². The van der Waals surface area contributed by atoms with Crippen molar-refractivity contribution in [2.24, 2.45) is 5.73 Å². The van der Waals surface area contributed by atoms with Gasteiger partial charge in [0, 0.05) is 29.1 Å². The van der Waals surface area contributed by atoms with Gasteiger partial charge in [0.05, 0.1) is 29.7 Å². The molecule has 1 saturated heterocycles. The van der Waals surface area contributed by atoms with Crippen molar-refractivity contribution in [3.63, 3.8) is 0 Å². The Bertz CT molecular complexity index is 1140. The number of carbonyl (C=O) groups excluding carboxylic acids is 1. The summed E-state index contributed by atoms with van der Waals surface area (Å²) >= 11 is 12.5. The van der Waals surface area contributed by atoms with E-state index in [0.717, 1.165) is 16.5 Å². The number of nitriles is 1. The number of piperazine rings is 1. The molecule has 0 bridgehead atoms. The van der Waals surface area contributed by atoms with E-state index in [1.165, 1.54) is 11.2 Å². The highest BCUT2D eigenvalue weighted by molar-refractivity contribution is 6.34. The Morgan fingerprint density at radius 1 is 1.20 bits per heavy atom. The van der Waals surface area contributed by atoms with Gasteiger partial charge in [0.25, 0.3) is 0 Å². The molecule has 1 unspecified atom stereocenters. The molecule has 7 nitrogen and oxygen atoms in total. The number of fused-ring (bicyclic) bond motifs is 1. The molecule has 1 atom stereocenters. The molecule has 0 radical (unpaired) electrons. The molecule has 1 aliphatic heterocycles. The van der Waals surface area contributed by atoms with Crippen LogP contribution >= 0.6 is 23.2 Å². The fourth-order valence-corrected chi connectivity index (χ4v) is 4.06. The van der Waals surface area contributed by atoms with Crippen molar-refractivity contribution in [1.82, 2.24) is 14.9 Å². The summed E-state index contributed by atoms with van der Waals surface area (Å²) in [6.07, 6.45) is 1.48. The van der Waals surface area contributed by atoms with E-state index in [1.807, 2.05) is 41.3 Å². The summed E-state index contributed by atoms with van der Waals surface area (Å²) in [6, 6.07) is 12.8. The van der Waals surface area contributed by atoms with Gasteiger partial charge in [0.2, 0.25) is 5.91 Å². The SMILES string of the molecule is N#CC1CN(c2ncnc3cc(Cl)c(-c4ccc(Cl)cc4)cc23)CCN1C(=O)CN. The molecular weight excluding hydrogens is 423 g/mol. The zero-order chi connectivity index (χ0) is 21.3. The molecule has 0 saturated carbocycles. The van der Waals surface area contributed by atoms with Crippen LogP contribution in [0.2, 0.25) is 10.0 Å². The van der Waals surface area contributed by atoms with Crippen molar-refractivity contribution < 1.29 is 4.79 Å². The number of hydrogen-bond acceptors (Lipinski definition) is 6. The first-order chi connectivity index (χ1) is 14.5. The maximum Gasteiger partial charge on any atom is 0.237 e. The molecule has 2 aromatic carbocycles. The van der Waals surface area contributed by atoms with Gasteiger partial charge in [-0.25, -0.2) is 9.97 Å². The van der Waals surface area contributed by atoms with E-state index in [2.05, 4.69) is 16.0 Å². The molecule has 1 aromatic heterocycles. The smallest absolute Gasteiger partial charge is 0.237 e. The number of amides is 1. The maximum atomic E-state index is 12.0. The van der Waals surface area contributed by atoms with Crippen LogP contribution in [0.3, 0.4) is 0 Å². The van der Waals surface area contributed by atoms with Crippen LogP contribution in [0.1, 0.15) is 0 Å². The number of anilines is 1. The predicted molar refractivity (Wildman–Crippen MR) is 117 cm³/mol. The van der Waals surface area contributed by atoms with Crippen molar-refractivity contribution in [2.75, 3.05) is 31.1 Å². The quantitative estimate of drug-likeness (QED) is 0.671. The largest absolute Gasteiger partial charge is 0.351 e. The van der Waals surface area contributed by atoms with E-state index >= 15 is 0 Å². The Kier molecular flexibility index (Phi) is 5.73. The summed E-state index contributed by atoms with van der Waals surface area (Å²) in [6.45, 7) is 1.16. The van der Waals surface area contributed by atoms with Crippen LogP contribution in [0, 0.1) is 11.3 Å². The topological polar surface area (TPSA) is 99.1 Å². The first-order valence-electron chi connectivity index (χ1n) is 9.36. The Morgan fingerprint density at radius 3 is 2.67 bits per heavy atom. The van der Waals surface area contributed by atoms with Crippen LogP contribution in [0.4, 0.5) is 5.82 Å². The lowest BCUT2D eigenvalue weighted by Crippen LogP contribution is -2.56. The lowest BCUT2D eigenvalue weighted by atomic mass is 10.0. The molecular formula is C21H18Cl2N6O. The third-order valence-corrected chi connectivity index (χ3v) is 5.75. The van der Waals surface area contributed by atoms with Gasteiger partial charge in [-0.1, -0.05) is 35.3 Å². The van der Waals surface area contributed by atoms with Gasteiger partial charge in [0.15, 0.2) is 0 Å². The van der Waals surface area contributed by atoms with E-state index in [4.69, 9.17) is 28.9 Å². The minimum atomic E-state index is -0.595. The minimum Gasteiger partial charge on any atom is -0.351 e. The van der Waals surface area contributed by atoms with Crippen molar-refractivity contribution in [2.45, 2.75) is 6.04 Å². The molecule has 3 aromatic rings. The summed E-state index contributed by atoms with van der Waals surface area (Å²) in [4.78, 5) is 24.4. The van der Waals surface area contributed by atoms with Crippen molar-refractivity contribution >= 4 is 45.8 Å². The van der Waals surface area contributed by atoms with E-state index in [1.54, 1.807) is 0 Å². The lowest BCUT2D eigenvalue weighted by Gasteiger charge is -2.39. The number of carbonyl (C=O) groups is 1. The minimum absolute atomic E-state index is 0.114. The fourth-order valence-electron chi connectivity index (χ4n) is 3.67. The number of halogens is 2. The van der Waals surface area contributed by atoms with Crippen molar-refractivity contribution in [3.05, 3.63) is 52.8 Å². The van der Waals surface area contributed by atoms with Gasteiger partial charge < -0.3 is 15.5 Å². The molecule has 0 aliphatic carbocycles. The summed E-state index contributed by atoms with van der Waals surface area (Å²) in [5.74, 6) is 0.470. The first-order valence-corrected chi connectivity index (χ1v) is 10.1. The van der Waals surface area contributed by atoms with Crippen LogP contribution in [-0.2, 0) is 4.79 Å². The van der Waals surface area contributed by atoms with Gasteiger partial charge in [-0.05, 0) is 29.8 Å². The lowest BCUT2D eigenvalue weighted by molar-refractivity contribution is -0.131. The average molecular weight is 441 g/mol. The molecule has 0 spiro atoms. The summed E-state index contributed by atoms with van der Waals surface area (Å²) < 4.78 is 0. The van der Waals surface area contributed by atoms with Crippen LogP contribution < -0.4 is 10.6 Å². The van der Waals surface area contributed by atoms with Crippen LogP contribution in [0.15, 0.2) is 42.7 Å². The third-order valence-electron chi connectivity index (χ3n) is 5.18. The van der Waals surface area contributed by atoms with E-state index < -0.39 is 6.04 Å². The average Bonchev–Trinajstić information content (AvgIpc) is 2.78. The summed E-state index contributed by atoms with van der Waals surface area (Å²) in [5, 5.41) is 11.6. The molecule has 2 N–H and O–H groups in total. The number of benzene rings is 2. The van der Waals surface area contributed by atoms with Gasteiger partial charge in [-0.2, -0.15) is 5.26 Å². The molecule has 9 heteroatoms. The normalized spacial score (nSPS) is 16.5. The fraction of sp³-hybridized carbons (Fsp3) is 0.238. The van der Waals surface area contributed by atoms with E-state index in [-0.39, 0.29) is 12.5 Å². The van der Waals surface area contributed by atoms with Gasteiger partial charge >= 0.3 is 0 Å². The highest BCUT2D eigenvalue weighted by Gasteiger charge is 2.31. The van der Waals surface area contributed by atoms with Gasteiger partial charge in [0.1, 0.15) is 18.2 Å². The molecule has 4 rings (SSSR count). The van der Waals surface area contributed by atoms with Gasteiger partial charge in [-0.3, -0.25) is 4.79 Å². The zero-order valence-electron chi connectivity index (χ0n) is 15.9. The second-order valence-corrected chi connectivity index (χ2v) is 7.78. The van der Waals surface area contributed by atoms with Crippen LogP contribution in [0.5, 0.6) is 0 Å². The third kappa shape index (κ3) is 3.77. The Balaban J connectivity index is 1.75. The number of nitrogens with zero attached hydrogens (tertiary/aromatic N) is 5. The Morgan fingerprint density at radius 2 is 1.97 bits per heavy atom. The maximum absolute atomic E-state index is 12.0. The number of hydrogen-bond donors (Lipinski definition) is 1. The Hall–Kier alpha value is -2.92. The molecule has 1 fully saturated rings. The highest BCUT2D eigenvalue weighted by Crippen LogP contribution is 2.35. The van der Waals surface area contributed by atoms with E-state index in [0.29, 0.717) is 41.0 Å². The monoisotopic (exact) mass is 440 g/mol. The molecule has 152 valence electrons. The molecule has 1 aliphatic rings. The van der Waals surface area contributed by atoms with E-state index in [9.17, 15) is 10.1 Å². The first kappa shape index (κ1) is 20.4. The molecule has 2 heterocycles. The second-order valence-electron chi connectivity index (χ2n) is 6.94. The zero-order valence-corrected chi connectivity index (χ0v) is 17.4. The molecule has 1 amide bonds. The highest BCUT2D eigenvalue weighted by atomic mass is 35.5. The predicted octanol–water partition coefficient (Wildman–Crippen LogP) is 3.10. The van der Waals surface area contributed by atoms with Crippen molar-refractivity contribution in [3.8, 4) is 17.2 Å². The van der Waals surface area contributed by atoms with Crippen LogP contribution in [-0.4, -0.2) is 53.0 Å².